The predicted molar refractivity (Wildman–Crippen MR) is 101 cm³/mol. The average molecular weight is 384 g/mol. The largest absolute Gasteiger partial charge is 0.465 e. The first-order chi connectivity index (χ1) is 12.7. The Kier molecular flexibility index (Phi) is 11.9. The number of hydrogen-bond acceptors (Lipinski definition) is 7. The number of esters is 2. The number of rotatable bonds is 11. The molecule has 2 atom stereocenters. The summed E-state index contributed by atoms with van der Waals surface area (Å²) < 4.78 is 15.2. The maximum Gasteiger partial charge on any atom is 0.408 e. The number of carbonyl (C=O) groups excluding carboxylic acids is 3. The van der Waals surface area contributed by atoms with Crippen LogP contribution >= 0.6 is 0 Å². The highest BCUT2D eigenvalue weighted by molar-refractivity contribution is 5.90. The third-order valence-electron chi connectivity index (χ3n) is 3.20. The van der Waals surface area contributed by atoms with Gasteiger partial charge in [0.25, 0.3) is 0 Å². The average Bonchev–Trinajstić information content (AvgIpc) is 2.55. The summed E-state index contributed by atoms with van der Waals surface area (Å²) in [4.78, 5) is 36.9. The van der Waals surface area contributed by atoms with Gasteiger partial charge in [-0.05, 0) is 54.0 Å². The van der Waals surface area contributed by atoms with Crippen LogP contribution < -0.4 is 10.6 Å². The number of ether oxygens (including phenoxy) is 3. The monoisotopic (exact) mass is 384 g/mol. The van der Waals surface area contributed by atoms with Crippen LogP contribution in [0.15, 0.2) is 0 Å². The number of unbranched alkanes of at least 4 members (excludes halogenated alkanes) is 2. The highest BCUT2D eigenvalue weighted by Crippen LogP contribution is 2.09. The van der Waals surface area contributed by atoms with Crippen LogP contribution in [0.2, 0.25) is 0 Å². The Morgan fingerprint density at radius 3 is 2.04 bits per heavy atom. The fourth-order valence-corrected chi connectivity index (χ4v) is 2.12. The Morgan fingerprint density at radius 2 is 1.56 bits per heavy atom. The predicted octanol–water partition coefficient (Wildman–Crippen LogP) is 1.77. The molecule has 2 N–H and O–H groups in total. The molecule has 0 aromatic rings. The van der Waals surface area contributed by atoms with Crippen molar-refractivity contribution < 1.29 is 28.6 Å². The lowest BCUT2D eigenvalue weighted by Crippen LogP contribution is -2.59. The van der Waals surface area contributed by atoms with E-state index in [9.17, 15) is 14.4 Å². The number of nitrogens with one attached hydrogen (secondary N) is 2. The molecule has 0 aromatic carbocycles. The van der Waals surface area contributed by atoms with E-state index in [2.05, 4.69) is 16.6 Å². The molecule has 0 bridgehead atoms. The van der Waals surface area contributed by atoms with E-state index < -0.39 is 35.7 Å². The van der Waals surface area contributed by atoms with Crippen LogP contribution in [0.25, 0.3) is 0 Å². The minimum absolute atomic E-state index is 0.100. The lowest BCUT2D eigenvalue weighted by molar-refractivity contribution is -0.154. The van der Waals surface area contributed by atoms with Gasteiger partial charge in [0.05, 0.1) is 13.2 Å². The second kappa shape index (κ2) is 13.0. The van der Waals surface area contributed by atoms with E-state index in [0.717, 1.165) is 6.42 Å². The minimum atomic E-state index is -1.29. The van der Waals surface area contributed by atoms with Crippen molar-refractivity contribution >= 4 is 18.0 Å². The van der Waals surface area contributed by atoms with Crippen molar-refractivity contribution in [1.82, 2.24) is 10.6 Å². The molecule has 154 valence electrons. The van der Waals surface area contributed by atoms with Gasteiger partial charge in [0.15, 0.2) is 6.04 Å². The number of amides is 1. The Bertz CT molecular complexity index is 521. The Balaban J connectivity index is 5.29. The maximum absolute atomic E-state index is 12.4. The zero-order valence-corrected chi connectivity index (χ0v) is 16.9. The van der Waals surface area contributed by atoms with Gasteiger partial charge in [-0.1, -0.05) is 0 Å². The van der Waals surface area contributed by atoms with E-state index in [1.54, 1.807) is 34.6 Å². The number of terminal acetylenes is 1. The third-order valence-corrected chi connectivity index (χ3v) is 3.20. The molecule has 0 aromatic heterocycles. The van der Waals surface area contributed by atoms with Gasteiger partial charge in [-0.15, -0.1) is 12.3 Å². The maximum atomic E-state index is 12.4. The molecule has 27 heavy (non-hydrogen) atoms. The minimum Gasteiger partial charge on any atom is -0.465 e. The molecule has 0 aliphatic carbocycles. The van der Waals surface area contributed by atoms with Gasteiger partial charge >= 0.3 is 18.0 Å². The van der Waals surface area contributed by atoms with Crippen LogP contribution in [0.3, 0.4) is 0 Å². The molecular formula is C19H32N2O6. The fourth-order valence-electron chi connectivity index (χ4n) is 2.12. The summed E-state index contributed by atoms with van der Waals surface area (Å²) in [6, 6.07) is -2.39. The van der Waals surface area contributed by atoms with Crippen molar-refractivity contribution in [2.45, 2.75) is 71.6 Å². The van der Waals surface area contributed by atoms with Gasteiger partial charge < -0.3 is 24.8 Å². The molecule has 0 heterocycles. The van der Waals surface area contributed by atoms with Gasteiger partial charge in [0, 0.05) is 6.42 Å². The molecule has 8 heteroatoms. The van der Waals surface area contributed by atoms with Crippen molar-refractivity contribution in [2.75, 3.05) is 19.8 Å². The molecule has 8 nitrogen and oxygen atoms in total. The van der Waals surface area contributed by atoms with Gasteiger partial charge in [-0.25, -0.2) is 9.59 Å². The second-order valence-electron chi connectivity index (χ2n) is 6.72. The number of alkyl carbamates (subject to hydrolysis) is 1. The summed E-state index contributed by atoms with van der Waals surface area (Å²) in [6.45, 7) is 9.02. The molecule has 0 rings (SSSR count). The zero-order valence-electron chi connectivity index (χ0n) is 16.9. The van der Waals surface area contributed by atoms with E-state index in [-0.39, 0.29) is 13.2 Å². The molecule has 0 aliphatic heterocycles. The van der Waals surface area contributed by atoms with Gasteiger partial charge in [-0.3, -0.25) is 4.79 Å². The van der Waals surface area contributed by atoms with Crippen LogP contribution in [0.1, 0.15) is 53.9 Å². The first-order valence-corrected chi connectivity index (χ1v) is 9.15. The van der Waals surface area contributed by atoms with Crippen molar-refractivity contribution in [3.05, 3.63) is 0 Å². The third kappa shape index (κ3) is 11.1. The van der Waals surface area contributed by atoms with Crippen LogP contribution in [-0.4, -0.2) is 55.5 Å². The molecule has 1 amide bonds. The molecule has 0 unspecified atom stereocenters. The van der Waals surface area contributed by atoms with Gasteiger partial charge in [0.2, 0.25) is 0 Å². The molecule has 0 saturated heterocycles. The number of hydrogen-bond donors (Lipinski definition) is 2. The van der Waals surface area contributed by atoms with Gasteiger partial charge in [-0.2, -0.15) is 0 Å². The molecule has 0 saturated carbocycles. The summed E-state index contributed by atoms with van der Waals surface area (Å²) in [5, 5.41) is 5.37. The van der Waals surface area contributed by atoms with Crippen molar-refractivity contribution in [1.29, 1.82) is 0 Å². The lowest BCUT2D eigenvalue weighted by atomic mass is 10.1. The molecule has 0 fully saturated rings. The van der Waals surface area contributed by atoms with E-state index in [1.807, 2.05) is 0 Å². The summed E-state index contributed by atoms with van der Waals surface area (Å²) in [6.07, 6.45) is 6.47. The Hall–Kier alpha value is -2.27. The van der Waals surface area contributed by atoms with Crippen LogP contribution in [0.4, 0.5) is 4.79 Å². The lowest BCUT2D eigenvalue weighted by Gasteiger charge is -2.27. The summed E-state index contributed by atoms with van der Waals surface area (Å²) in [7, 11) is 0. The standard InChI is InChI=1S/C19H32N2O6/c1-7-10-11-12-13-20-14(16(22)25-8-2)15(17(23)26-9-3)21-18(24)27-19(4,5)6/h1,14-15,20H,8-13H2,2-6H3,(H,21,24)/t14-,15-/m0/s1. The zero-order chi connectivity index (χ0) is 20.9. The smallest absolute Gasteiger partial charge is 0.408 e. The topological polar surface area (TPSA) is 103 Å². The molecule has 0 aliphatic rings. The van der Waals surface area contributed by atoms with E-state index in [4.69, 9.17) is 20.6 Å². The van der Waals surface area contributed by atoms with Crippen molar-refractivity contribution in [2.24, 2.45) is 0 Å². The quantitative estimate of drug-likeness (QED) is 0.242. The van der Waals surface area contributed by atoms with Crippen molar-refractivity contribution in [3.63, 3.8) is 0 Å². The Morgan fingerprint density at radius 1 is 1.00 bits per heavy atom. The summed E-state index contributed by atoms with van der Waals surface area (Å²) in [5.74, 6) is 1.12. The van der Waals surface area contributed by atoms with E-state index >= 15 is 0 Å². The highest BCUT2D eigenvalue weighted by atomic mass is 16.6. The molecular weight excluding hydrogens is 352 g/mol. The SMILES string of the molecule is C#CCCCCN[C@H](C(=O)OCC)[C@H](NC(=O)OC(C)(C)C)C(=O)OCC. The highest BCUT2D eigenvalue weighted by Gasteiger charge is 2.38. The summed E-state index contributed by atoms with van der Waals surface area (Å²) in [5.41, 5.74) is -0.759. The van der Waals surface area contributed by atoms with E-state index in [0.29, 0.717) is 19.4 Å². The van der Waals surface area contributed by atoms with Crippen LogP contribution in [-0.2, 0) is 23.8 Å². The summed E-state index contributed by atoms with van der Waals surface area (Å²) >= 11 is 0. The molecule has 0 spiro atoms. The van der Waals surface area contributed by atoms with E-state index in [1.165, 1.54) is 0 Å². The number of carbonyl (C=O) groups is 3. The van der Waals surface area contributed by atoms with Crippen LogP contribution in [0, 0.1) is 12.3 Å². The Labute approximate surface area is 161 Å². The fraction of sp³-hybridized carbons (Fsp3) is 0.737. The first kappa shape index (κ1) is 24.7. The van der Waals surface area contributed by atoms with Crippen LogP contribution in [0.5, 0.6) is 0 Å². The first-order valence-electron chi connectivity index (χ1n) is 9.15. The van der Waals surface area contributed by atoms with Crippen molar-refractivity contribution in [3.8, 4) is 12.3 Å². The normalized spacial score (nSPS) is 13.0. The van der Waals surface area contributed by atoms with Gasteiger partial charge in [0.1, 0.15) is 11.6 Å². The second-order valence-corrected chi connectivity index (χ2v) is 6.72. The molecule has 0 radical (unpaired) electrons.